The number of hydrogen-bond donors (Lipinski definition) is 2. The first-order valence-corrected chi connectivity index (χ1v) is 8.39. The van der Waals surface area contributed by atoms with E-state index in [2.05, 4.69) is 10.4 Å². The molecule has 2 rings (SSSR count). The summed E-state index contributed by atoms with van der Waals surface area (Å²) in [5.41, 5.74) is 3.02. The van der Waals surface area contributed by atoms with Crippen molar-refractivity contribution < 1.29 is 14.6 Å². The van der Waals surface area contributed by atoms with Crippen LogP contribution in [0.2, 0.25) is 0 Å². The van der Waals surface area contributed by atoms with Gasteiger partial charge in [0.25, 0.3) is 5.91 Å². The van der Waals surface area contributed by atoms with E-state index in [0.717, 1.165) is 16.3 Å². The number of rotatable bonds is 6. The second kappa shape index (κ2) is 7.52. The van der Waals surface area contributed by atoms with E-state index in [1.165, 1.54) is 0 Å². The van der Waals surface area contributed by atoms with Gasteiger partial charge >= 0.3 is 0 Å². The van der Waals surface area contributed by atoms with Crippen LogP contribution >= 0.6 is 11.8 Å². The van der Waals surface area contributed by atoms with Gasteiger partial charge in [-0.3, -0.25) is 9.48 Å². The average Bonchev–Trinajstić information content (AvgIpc) is 2.79. The van der Waals surface area contributed by atoms with Crippen molar-refractivity contribution in [2.75, 3.05) is 18.2 Å². The van der Waals surface area contributed by atoms with Gasteiger partial charge in [-0.2, -0.15) is 5.10 Å². The minimum Gasteiger partial charge on any atom is -0.483 e. The van der Waals surface area contributed by atoms with Crippen LogP contribution in [0.3, 0.4) is 0 Å². The Bertz CT molecular complexity index is 713. The molecule has 7 heteroatoms. The van der Waals surface area contributed by atoms with E-state index in [1.807, 2.05) is 39.3 Å². The van der Waals surface area contributed by atoms with E-state index < -0.39 is 0 Å². The lowest BCUT2D eigenvalue weighted by Gasteiger charge is -2.11. The summed E-state index contributed by atoms with van der Waals surface area (Å²) in [5.74, 6) is 0.252. The van der Waals surface area contributed by atoms with E-state index in [-0.39, 0.29) is 19.1 Å². The van der Waals surface area contributed by atoms with Crippen LogP contribution in [0.15, 0.2) is 23.1 Å². The van der Waals surface area contributed by atoms with E-state index in [9.17, 15) is 9.90 Å². The molecule has 0 saturated carbocycles. The van der Waals surface area contributed by atoms with Crippen LogP contribution < -0.4 is 10.1 Å². The molecular weight excluding hydrogens is 314 g/mol. The summed E-state index contributed by atoms with van der Waals surface area (Å²) in [6, 6.07) is 5.52. The summed E-state index contributed by atoms with van der Waals surface area (Å²) in [4.78, 5) is 13.1. The van der Waals surface area contributed by atoms with Crippen molar-refractivity contribution in [2.24, 2.45) is 7.05 Å². The zero-order valence-corrected chi connectivity index (χ0v) is 14.5. The maximum atomic E-state index is 12.1. The number of aliphatic hydroxyl groups is 1. The Hall–Kier alpha value is -1.99. The van der Waals surface area contributed by atoms with Crippen LogP contribution in [0.1, 0.15) is 17.0 Å². The third-order valence-corrected chi connectivity index (χ3v) is 4.30. The molecule has 1 aromatic carbocycles. The molecule has 6 nitrogen and oxygen atoms in total. The van der Waals surface area contributed by atoms with Gasteiger partial charge in [-0.25, -0.2) is 0 Å². The van der Waals surface area contributed by atoms with Crippen molar-refractivity contribution in [1.82, 2.24) is 9.78 Å². The van der Waals surface area contributed by atoms with Gasteiger partial charge in [0.1, 0.15) is 5.75 Å². The third kappa shape index (κ3) is 4.05. The molecule has 2 N–H and O–H groups in total. The summed E-state index contributed by atoms with van der Waals surface area (Å²) in [6.07, 6.45) is 1.96. The summed E-state index contributed by atoms with van der Waals surface area (Å²) in [6.45, 7) is 3.47. The molecule has 124 valence electrons. The predicted octanol–water partition coefficient (Wildman–Crippen LogP) is 2.27. The molecule has 0 aliphatic heterocycles. The molecule has 0 bridgehead atoms. The summed E-state index contributed by atoms with van der Waals surface area (Å²) < 4.78 is 7.26. The predicted molar refractivity (Wildman–Crippen MR) is 91.0 cm³/mol. The molecule has 0 unspecified atom stereocenters. The lowest BCUT2D eigenvalue weighted by atomic mass is 10.2. The molecule has 0 saturated heterocycles. The Kier molecular flexibility index (Phi) is 5.68. The fourth-order valence-corrected chi connectivity index (χ4v) is 2.68. The number of amides is 1. The van der Waals surface area contributed by atoms with Gasteiger partial charge in [-0.15, -0.1) is 11.8 Å². The van der Waals surface area contributed by atoms with E-state index in [1.54, 1.807) is 22.5 Å². The summed E-state index contributed by atoms with van der Waals surface area (Å²) in [7, 11) is 1.83. The number of ether oxygens (including phenoxy) is 1. The largest absolute Gasteiger partial charge is 0.483 e. The first-order chi connectivity index (χ1) is 11.0. The van der Waals surface area contributed by atoms with Crippen molar-refractivity contribution in [3.05, 3.63) is 35.2 Å². The van der Waals surface area contributed by atoms with Gasteiger partial charge in [-0.1, -0.05) is 0 Å². The highest BCUT2D eigenvalue weighted by Crippen LogP contribution is 2.25. The fraction of sp³-hybridized carbons (Fsp3) is 0.375. The number of carbonyl (C=O) groups excluding carboxylic acids is 1. The highest BCUT2D eigenvalue weighted by Gasteiger charge is 2.13. The molecule has 1 amide bonds. The molecule has 0 spiro atoms. The molecule has 0 radical (unpaired) electrons. The number of carbonyl (C=O) groups is 1. The smallest absolute Gasteiger partial charge is 0.262 e. The Labute approximate surface area is 139 Å². The van der Waals surface area contributed by atoms with E-state index in [4.69, 9.17) is 4.74 Å². The molecule has 0 atom stereocenters. The highest BCUT2D eigenvalue weighted by molar-refractivity contribution is 7.98. The second-order valence-corrected chi connectivity index (χ2v) is 6.02. The number of aromatic nitrogens is 2. The lowest BCUT2D eigenvalue weighted by molar-refractivity contribution is -0.118. The SMILES string of the molecule is CSc1ccc(OCC(=O)Nc2c(C)nn(C)c2C)c(CO)c1. The van der Waals surface area contributed by atoms with Crippen molar-refractivity contribution in [3.8, 4) is 5.75 Å². The molecule has 1 aromatic heterocycles. The number of nitrogens with zero attached hydrogens (tertiary/aromatic N) is 2. The molecule has 23 heavy (non-hydrogen) atoms. The quantitative estimate of drug-likeness (QED) is 0.792. The average molecular weight is 335 g/mol. The number of nitrogens with one attached hydrogen (secondary N) is 1. The maximum absolute atomic E-state index is 12.1. The fourth-order valence-electron chi connectivity index (χ4n) is 2.22. The topological polar surface area (TPSA) is 76.4 Å². The van der Waals surface area contributed by atoms with E-state index in [0.29, 0.717) is 17.0 Å². The van der Waals surface area contributed by atoms with Gasteiger partial charge in [0.15, 0.2) is 6.61 Å². The number of thioether (sulfide) groups is 1. The van der Waals surface area contributed by atoms with Crippen LogP contribution in [0, 0.1) is 13.8 Å². The monoisotopic (exact) mass is 335 g/mol. The van der Waals surface area contributed by atoms with Gasteiger partial charge in [0.2, 0.25) is 0 Å². The van der Waals surface area contributed by atoms with Crippen LogP contribution in [-0.4, -0.2) is 33.7 Å². The van der Waals surface area contributed by atoms with Crippen molar-refractivity contribution >= 4 is 23.4 Å². The summed E-state index contributed by atoms with van der Waals surface area (Å²) in [5, 5.41) is 16.5. The van der Waals surface area contributed by atoms with Gasteiger partial charge < -0.3 is 15.2 Å². The molecule has 0 aliphatic rings. The minimum atomic E-state index is -0.262. The third-order valence-electron chi connectivity index (χ3n) is 3.57. The summed E-state index contributed by atoms with van der Waals surface area (Å²) >= 11 is 1.58. The standard InChI is InChI=1S/C16H21N3O3S/c1-10-16(11(2)19(3)18-10)17-15(21)9-22-14-6-5-13(23-4)7-12(14)8-20/h5-7,20H,8-9H2,1-4H3,(H,17,21). The van der Waals surface area contributed by atoms with Gasteiger partial charge in [-0.05, 0) is 38.3 Å². The van der Waals surface area contributed by atoms with Crippen molar-refractivity contribution in [2.45, 2.75) is 25.3 Å². The van der Waals surface area contributed by atoms with Crippen LogP contribution in [0.4, 0.5) is 5.69 Å². The van der Waals surface area contributed by atoms with Crippen LogP contribution in [0.5, 0.6) is 5.75 Å². The Morgan fingerprint density at radius 2 is 2.17 bits per heavy atom. The number of benzene rings is 1. The van der Waals surface area contributed by atoms with Crippen LogP contribution in [0.25, 0.3) is 0 Å². The Balaban J connectivity index is 2.02. The number of aliphatic hydroxyl groups excluding tert-OH is 1. The number of hydrogen-bond acceptors (Lipinski definition) is 5. The van der Waals surface area contributed by atoms with Crippen molar-refractivity contribution in [3.63, 3.8) is 0 Å². The molecule has 2 aromatic rings. The first kappa shape index (κ1) is 17.4. The lowest BCUT2D eigenvalue weighted by Crippen LogP contribution is -2.21. The van der Waals surface area contributed by atoms with Crippen LogP contribution in [-0.2, 0) is 18.4 Å². The zero-order chi connectivity index (χ0) is 17.0. The van der Waals surface area contributed by atoms with Gasteiger partial charge in [0, 0.05) is 17.5 Å². The molecule has 0 aliphatic carbocycles. The number of anilines is 1. The molecule has 1 heterocycles. The molecule has 0 fully saturated rings. The Morgan fingerprint density at radius 1 is 1.43 bits per heavy atom. The second-order valence-electron chi connectivity index (χ2n) is 5.14. The normalized spacial score (nSPS) is 10.7. The zero-order valence-electron chi connectivity index (χ0n) is 13.7. The van der Waals surface area contributed by atoms with Crippen molar-refractivity contribution in [1.29, 1.82) is 0 Å². The van der Waals surface area contributed by atoms with E-state index >= 15 is 0 Å². The molecular formula is C16H21N3O3S. The minimum absolute atomic E-state index is 0.126. The number of aryl methyl sites for hydroxylation is 2. The maximum Gasteiger partial charge on any atom is 0.262 e. The first-order valence-electron chi connectivity index (χ1n) is 7.17. The Morgan fingerprint density at radius 3 is 2.74 bits per heavy atom. The highest BCUT2D eigenvalue weighted by atomic mass is 32.2. The van der Waals surface area contributed by atoms with Gasteiger partial charge in [0.05, 0.1) is 23.7 Å².